The van der Waals surface area contributed by atoms with Crippen molar-refractivity contribution in [3.8, 4) is 11.5 Å². The van der Waals surface area contributed by atoms with E-state index in [1.165, 1.54) is 44.1 Å². The predicted octanol–water partition coefficient (Wildman–Crippen LogP) is 3.44. The molecule has 1 aliphatic heterocycles. The van der Waals surface area contributed by atoms with Crippen molar-refractivity contribution in [3.05, 3.63) is 23.8 Å². The van der Waals surface area contributed by atoms with Gasteiger partial charge in [-0.25, -0.2) is 0 Å². The van der Waals surface area contributed by atoms with E-state index in [2.05, 4.69) is 17.4 Å². The smallest absolute Gasteiger partial charge is 0.166 e. The van der Waals surface area contributed by atoms with Crippen molar-refractivity contribution in [2.24, 2.45) is 0 Å². The number of para-hydroxylation sites is 1. The van der Waals surface area contributed by atoms with E-state index in [1.54, 1.807) is 7.11 Å². The zero-order chi connectivity index (χ0) is 13.1. The van der Waals surface area contributed by atoms with E-state index in [4.69, 9.17) is 9.47 Å². The van der Waals surface area contributed by atoms with Crippen LogP contribution < -0.4 is 14.8 Å². The molecular weight excluding hydrogens is 238 g/mol. The number of ether oxygens (including phenoxy) is 2. The monoisotopic (exact) mass is 261 g/mol. The third-order valence-corrected chi connectivity index (χ3v) is 4.25. The van der Waals surface area contributed by atoms with E-state index in [-0.39, 0.29) is 0 Å². The van der Waals surface area contributed by atoms with Gasteiger partial charge < -0.3 is 14.8 Å². The van der Waals surface area contributed by atoms with Gasteiger partial charge in [0.2, 0.25) is 0 Å². The Morgan fingerprint density at radius 2 is 1.95 bits per heavy atom. The van der Waals surface area contributed by atoms with Gasteiger partial charge in [-0.1, -0.05) is 12.1 Å². The van der Waals surface area contributed by atoms with Gasteiger partial charge in [0.1, 0.15) is 0 Å². The van der Waals surface area contributed by atoms with Crippen LogP contribution in [0.25, 0.3) is 0 Å². The molecule has 104 valence electrons. The third kappa shape index (κ3) is 2.71. The largest absolute Gasteiger partial charge is 0.493 e. The zero-order valence-corrected chi connectivity index (χ0v) is 11.7. The quantitative estimate of drug-likeness (QED) is 0.900. The summed E-state index contributed by atoms with van der Waals surface area (Å²) in [6.07, 6.45) is 7.73. The average Bonchev–Trinajstić information content (AvgIpc) is 3.11. The summed E-state index contributed by atoms with van der Waals surface area (Å²) >= 11 is 0. The van der Waals surface area contributed by atoms with Gasteiger partial charge in [-0.05, 0) is 51.1 Å². The summed E-state index contributed by atoms with van der Waals surface area (Å²) in [5.41, 5.74) is 1.27. The normalized spacial score (nSPS) is 23.7. The van der Waals surface area contributed by atoms with Crippen molar-refractivity contribution < 1.29 is 9.47 Å². The Hall–Kier alpha value is -1.22. The van der Waals surface area contributed by atoms with E-state index in [0.717, 1.165) is 18.0 Å². The molecule has 1 unspecified atom stereocenters. The molecular formula is C16H23NO2. The van der Waals surface area contributed by atoms with Gasteiger partial charge >= 0.3 is 0 Å². The lowest BCUT2D eigenvalue weighted by atomic mass is 10.0. The first-order valence-electron chi connectivity index (χ1n) is 7.45. The Morgan fingerprint density at radius 3 is 2.63 bits per heavy atom. The van der Waals surface area contributed by atoms with E-state index < -0.39 is 0 Å². The van der Waals surface area contributed by atoms with E-state index in [9.17, 15) is 0 Å². The number of hydrogen-bond acceptors (Lipinski definition) is 3. The molecule has 0 radical (unpaired) electrons. The molecule has 0 bridgehead atoms. The number of benzene rings is 1. The molecule has 0 amide bonds. The summed E-state index contributed by atoms with van der Waals surface area (Å²) in [6, 6.07) is 6.67. The van der Waals surface area contributed by atoms with Gasteiger partial charge in [0.15, 0.2) is 11.5 Å². The molecule has 1 heterocycles. The van der Waals surface area contributed by atoms with Crippen molar-refractivity contribution in [2.45, 2.75) is 50.7 Å². The highest BCUT2D eigenvalue weighted by Crippen LogP contribution is 2.39. The van der Waals surface area contributed by atoms with Crippen LogP contribution in [0.2, 0.25) is 0 Å². The van der Waals surface area contributed by atoms with Crippen LogP contribution in [-0.4, -0.2) is 19.8 Å². The third-order valence-electron chi connectivity index (χ3n) is 4.25. The molecule has 1 aliphatic carbocycles. The fourth-order valence-corrected chi connectivity index (χ4v) is 3.22. The maximum absolute atomic E-state index is 6.28. The van der Waals surface area contributed by atoms with Crippen molar-refractivity contribution in [2.75, 3.05) is 13.7 Å². The molecule has 3 heteroatoms. The Bertz CT molecular complexity index is 421. The molecule has 19 heavy (non-hydrogen) atoms. The second-order valence-electron chi connectivity index (χ2n) is 5.55. The van der Waals surface area contributed by atoms with E-state index in [1.807, 2.05) is 6.07 Å². The lowest BCUT2D eigenvalue weighted by molar-refractivity contribution is 0.197. The molecule has 1 saturated heterocycles. The highest BCUT2D eigenvalue weighted by Gasteiger charge is 2.25. The highest BCUT2D eigenvalue weighted by molar-refractivity contribution is 5.48. The summed E-state index contributed by atoms with van der Waals surface area (Å²) in [5, 5.41) is 3.55. The molecule has 1 aromatic carbocycles. The van der Waals surface area contributed by atoms with Gasteiger partial charge in [0, 0.05) is 11.6 Å². The first kappa shape index (κ1) is 12.8. The van der Waals surface area contributed by atoms with Crippen molar-refractivity contribution in [1.82, 2.24) is 5.32 Å². The number of nitrogens with one attached hydrogen (secondary N) is 1. The van der Waals surface area contributed by atoms with Crippen LogP contribution in [0, 0.1) is 0 Å². The van der Waals surface area contributed by atoms with Crippen LogP contribution in [0.5, 0.6) is 11.5 Å². The first-order chi connectivity index (χ1) is 9.38. The molecule has 2 aliphatic rings. The Balaban J connectivity index is 1.88. The van der Waals surface area contributed by atoms with Gasteiger partial charge in [-0.3, -0.25) is 0 Å². The molecule has 2 fully saturated rings. The van der Waals surface area contributed by atoms with Crippen molar-refractivity contribution in [1.29, 1.82) is 0 Å². The van der Waals surface area contributed by atoms with Crippen LogP contribution in [0.1, 0.15) is 50.1 Å². The second kappa shape index (κ2) is 5.83. The van der Waals surface area contributed by atoms with Crippen molar-refractivity contribution >= 4 is 0 Å². The van der Waals surface area contributed by atoms with Crippen LogP contribution in [0.15, 0.2) is 18.2 Å². The molecule has 1 atom stereocenters. The average molecular weight is 261 g/mol. The van der Waals surface area contributed by atoms with Crippen LogP contribution in [0.3, 0.4) is 0 Å². The van der Waals surface area contributed by atoms with Crippen molar-refractivity contribution in [3.63, 3.8) is 0 Å². The summed E-state index contributed by atoms with van der Waals surface area (Å²) < 4.78 is 11.8. The maximum Gasteiger partial charge on any atom is 0.166 e. The predicted molar refractivity (Wildman–Crippen MR) is 75.9 cm³/mol. The fraction of sp³-hybridized carbons (Fsp3) is 0.625. The lowest BCUT2D eigenvalue weighted by Gasteiger charge is -2.22. The Morgan fingerprint density at radius 1 is 1.11 bits per heavy atom. The van der Waals surface area contributed by atoms with Gasteiger partial charge in [0.25, 0.3) is 0 Å². The second-order valence-corrected chi connectivity index (χ2v) is 5.55. The number of rotatable bonds is 4. The van der Waals surface area contributed by atoms with E-state index >= 15 is 0 Å². The molecule has 3 rings (SSSR count). The molecule has 3 nitrogen and oxygen atoms in total. The maximum atomic E-state index is 6.28. The van der Waals surface area contributed by atoms with E-state index in [0.29, 0.717) is 12.1 Å². The molecule has 0 aromatic heterocycles. The van der Waals surface area contributed by atoms with Crippen LogP contribution in [-0.2, 0) is 0 Å². The number of methoxy groups -OCH3 is 1. The molecule has 0 spiro atoms. The van der Waals surface area contributed by atoms with Gasteiger partial charge in [-0.15, -0.1) is 0 Å². The van der Waals surface area contributed by atoms with Gasteiger partial charge in [0.05, 0.1) is 13.2 Å². The molecule has 1 saturated carbocycles. The summed E-state index contributed by atoms with van der Waals surface area (Å²) in [6.45, 7) is 1.10. The lowest BCUT2D eigenvalue weighted by Crippen LogP contribution is -2.17. The topological polar surface area (TPSA) is 30.5 Å². The zero-order valence-electron chi connectivity index (χ0n) is 11.7. The van der Waals surface area contributed by atoms with Crippen LogP contribution in [0.4, 0.5) is 0 Å². The number of hydrogen-bond donors (Lipinski definition) is 1. The first-order valence-corrected chi connectivity index (χ1v) is 7.45. The highest BCUT2D eigenvalue weighted by atomic mass is 16.5. The molecule has 1 aromatic rings. The minimum absolute atomic E-state index is 0.372. The summed E-state index contributed by atoms with van der Waals surface area (Å²) in [5.74, 6) is 1.84. The SMILES string of the molecule is COc1cccc(C2CCCN2)c1OC1CCCC1. The fourth-order valence-electron chi connectivity index (χ4n) is 3.22. The summed E-state index contributed by atoms with van der Waals surface area (Å²) in [7, 11) is 1.72. The Kier molecular flexibility index (Phi) is 3.92. The standard InChI is InChI=1S/C16H23NO2/c1-18-15-10-4-8-13(14-9-5-11-17-14)16(15)19-12-6-2-3-7-12/h4,8,10,12,14,17H,2-3,5-7,9,11H2,1H3. The summed E-state index contributed by atoms with van der Waals surface area (Å²) in [4.78, 5) is 0. The Labute approximate surface area is 115 Å². The van der Waals surface area contributed by atoms with Crippen LogP contribution >= 0.6 is 0 Å². The van der Waals surface area contributed by atoms with Gasteiger partial charge in [-0.2, -0.15) is 0 Å². The minimum Gasteiger partial charge on any atom is -0.493 e. The molecule has 1 N–H and O–H groups in total. The minimum atomic E-state index is 0.372.